The zero-order valence-corrected chi connectivity index (χ0v) is 10.7. The highest BCUT2D eigenvalue weighted by Gasteiger charge is 2.18. The van der Waals surface area contributed by atoms with Crippen LogP contribution in [-0.4, -0.2) is 19.1 Å². The van der Waals surface area contributed by atoms with E-state index >= 15 is 0 Å². The molecule has 18 heavy (non-hydrogen) atoms. The van der Waals surface area contributed by atoms with Crippen molar-refractivity contribution in [3.8, 4) is 5.75 Å². The van der Waals surface area contributed by atoms with Crippen molar-refractivity contribution in [3.63, 3.8) is 0 Å². The highest BCUT2D eigenvalue weighted by atomic mass is 16.5. The van der Waals surface area contributed by atoms with Gasteiger partial charge < -0.3 is 15.8 Å². The highest BCUT2D eigenvalue weighted by molar-refractivity contribution is 5.95. The number of carbonyl (C=O) groups excluding carboxylic acids is 1. The Morgan fingerprint density at radius 2 is 2.28 bits per heavy atom. The van der Waals surface area contributed by atoms with Gasteiger partial charge in [-0.15, -0.1) is 0 Å². The number of ether oxygens (including phenoxy) is 1. The van der Waals surface area contributed by atoms with E-state index in [4.69, 9.17) is 10.5 Å². The summed E-state index contributed by atoms with van der Waals surface area (Å²) in [4.78, 5) is 11.9. The Kier molecular flexibility index (Phi) is 4.07. The van der Waals surface area contributed by atoms with Gasteiger partial charge in [-0.05, 0) is 43.9 Å². The third-order valence-electron chi connectivity index (χ3n) is 3.35. The first-order valence-electron chi connectivity index (χ1n) is 6.51. The van der Waals surface area contributed by atoms with Crippen molar-refractivity contribution >= 4 is 11.6 Å². The highest BCUT2D eigenvalue weighted by Crippen LogP contribution is 2.25. The number of hydrogen-bond donors (Lipinski definition) is 2. The van der Waals surface area contributed by atoms with Crippen LogP contribution in [-0.2, 0) is 0 Å². The topological polar surface area (TPSA) is 64.3 Å². The van der Waals surface area contributed by atoms with Crippen LogP contribution in [0.2, 0.25) is 0 Å². The zero-order valence-electron chi connectivity index (χ0n) is 10.7. The zero-order chi connectivity index (χ0) is 13.0. The van der Waals surface area contributed by atoms with Crippen LogP contribution in [0.25, 0.3) is 0 Å². The van der Waals surface area contributed by atoms with Gasteiger partial charge in [-0.3, -0.25) is 4.79 Å². The number of amides is 1. The largest absolute Gasteiger partial charge is 0.492 e. The molecule has 0 aromatic heterocycles. The maximum atomic E-state index is 11.9. The van der Waals surface area contributed by atoms with Gasteiger partial charge in [0.25, 0.3) is 5.91 Å². The molecular weight excluding hydrogens is 228 g/mol. The van der Waals surface area contributed by atoms with Gasteiger partial charge >= 0.3 is 0 Å². The van der Waals surface area contributed by atoms with Crippen LogP contribution in [0.15, 0.2) is 18.2 Å². The number of nitrogens with one attached hydrogen (secondary N) is 1. The number of anilines is 1. The summed E-state index contributed by atoms with van der Waals surface area (Å²) in [7, 11) is 0. The van der Waals surface area contributed by atoms with E-state index in [0.717, 1.165) is 6.54 Å². The molecule has 4 heteroatoms. The first-order valence-corrected chi connectivity index (χ1v) is 6.51. The minimum atomic E-state index is -0.0587. The van der Waals surface area contributed by atoms with Gasteiger partial charge in [0.1, 0.15) is 5.75 Å². The molecule has 4 nitrogen and oxygen atoms in total. The van der Waals surface area contributed by atoms with Gasteiger partial charge in [-0.2, -0.15) is 0 Å². The third kappa shape index (κ3) is 2.94. The molecule has 0 saturated heterocycles. The Bertz CT molecular complexity index is 428. The molecule has 0 bridgehead atoms. The van der Waals surface area contributed by atoms with Crippen molar-refractivity contribution in [3.05, 3.63) is 23.8 Å². The lowest BCUT2D eigenvalue weighted by molar-refractivity contribution is 0.0939. The van der Waals surface area contributed by atoms with Crippen LogP contribution in [0.5, 0.6) is 5.75 Å². The quantitative estimate of drug-likeness (QED) is 0.785. The number of carbonyl (C=O) groups is 1. The first-order chi connectivity index (χ1) is 8.70. The molecule has 0 heterocycles. The van der Waals surface area contributed by atoms with Gasteiger partial charge in [0.2, 0.25) is 0 Å². The maximum Gasteiger partial charge on any atom is 0.251 e. The van der Waals surface area contributed by atoms with E-state index in [2.05, 4.69) is 5.32 Å². The van der Waals surface area contributed by atoms with Gasteiger partial charge in [0, 0.05) is 12.1 Å². The lowest BCUT2D eigenvalue weighted by Gasteiger charge is -2.25. The Hall–Kier alpha value is -1.71. The lowest BCUT2D eigenvalue weighted by atomic mass is 9.85. The summed E-state index contributed by atoms with van der Waals surface area (Å²) in [6.45, 7) is 3.24. The summed E-state index contributed by atoms with van der Waals surface area (Å²) in [5.74, 6) is 1.23. The molecule has 1 aliphatic rings. The normalized spacial score (nSPS) is 14.9. The van der Waals surface area contributed by atoms with Crippen LogP contribution in [0.4, 0.5) is 5.69 Å². The Balaban J connectivity index is 1.94. The van der Waals surface area contributed by atoms with Gasteiger partial charge in [-0.25, -0.2) is 0 Å². The predicted molar refractivity (Wildman–Crippen MR) is 71.7 cm³/mol. The summed E-state index contributed by atoms with van der Waals surface area (Å²) in [6, 6.07) is 5.16. The SMILES string of the molecule is CCOc1ccc(C(=O)NCC2CCC2)cc1N. The number of nitrogen functional groups attached to an aromatic ring is 1. The molecule has 1 aromatic rings. The Morgan fingerprint density at radius 1 is 1.50 bits per heavy atom. The van der Waals surface area contributed by atoms with E-state index < -0.39 is 0 Å². The average Bonchev–Trinajstić information content (AvgIpc) is 2.30. The molecule has 0 radical (unpaired) electrons. The molecule has 1 aliphatic carbocycles. The molecule has 0 unspecified atom stereocenters. The van der Waals surface area contributed by atoms with E-state index in [-0.39, 0.29) is 5.91 Å². The van der Waals surface area contributed by atoms with Crippen molar-refractivity contribution < 1.29 is 9.53 Å². The lowest BCUT2D eigenvalue weighted by Crippen LogP contribution is -2.32. The summed E-state index contributed by atoms with van der Waals surface area (Å²) < 4.78 is 5.34. The monoisotopic (exact) mass is 248 g/mol. The van der Waals surface area contributed by atoms with E-state index in [1.807, 2.05) is 6.92 Å². The standard InChI is InChI=1S/C14H20N2O2/c1-2-18-13-7-6-11(8-12(13)15)14(17)16-9-10-4-3-5-10/h6-8,10H,2-5,9,15H2,1H3,(H,16,17). The van der Waals surface area contributed by atoms with E-state index in [1.165, 1.54) is 19.3 Å². The van der Waals surface area contributed by atoms with Crippen LogP contribution < -0.4 is 15.8 Å². The van der Waals surface area contributed by atoms with Crippen molar-refractivity contribution in [1.29, 1.82) is 0 Å². The van der Waals surface area contributed by atoms with Gasteiger partial charge in [0.05, 0.1) is 12.3 Å². The molecule has 98 valence electrons. The summed E-state index contributed by atoms with van der Waals surface area (Å²) in [5, 5.41) is 2.94. The van der Waals surface area contributed by atoms with Crippen LogP contribution in [0, 0.1) is 5.92 Å². The molecule has 2 rings (SSSR count). The molecule has 1 fully saturated rings. The number of nitrogens with two attached hydrogens (primary N) is 1. The summed E-state index contributed by atoms with van der Waals surface area (Å²) in [5.41, 5.74) is 6.93. The fraction of sp³-hybridized carbons (Fsp3) is 0.500. The second-order valence-corrected chi connectivity index (χ2v) is 4.69. The van der Waals surface area contributed by atoms with Gasteiger partial charge in [0.15, 0.2) is 0 Å². The van der Waals surface area contributed by atoms with Crippen LogP contribution in [0.1, 0.15) is 36.5 Å². The molecule has 3 N–H and O–H groups in total. The minimum Gasteiger partial charge on any atom is -0.492 e. The van der Waals surface area contributed by atoms with Crippen molar-refractivity contribution in [2.75, 3.05) is 18.9 Å². The molecular formula is C14H20N2O2. The molecule has 1 amide bonds. The Labute approximate surface area is 108 Å². The fourth-order valence-electron chi connectivity index (χ4n) is 2.01. The van der Waals surface area contributed by atoms with Gasteiger partial charge in [-0.1, -0.05) is 6.42 Å². The number of rotatable bonds is 5. The van der Waals surface area contributed by atoms with E-state index in [1.54, 1.807) is 18.2 Å². The summed E-state index contributed by atoms with van der Waals surface area (Å²) >= 11 is 0. The molecule has 1 saturated carbocycles. The smallest absolute Gasteiger partial charge is 0.251 e. The van der Waals surface area contributed by atoms with Crippen LogP contribution >= 0.6 is 0 Å². The fourth-order valence-corrected chi connectivity index (χ4v) is 2.01. The van der Waals surface area contributed by atoms with E-state index in [0.29, 0.717) is 29.5 Å². The van der Waals surface area contributed by atoms with Crippen molar-refractivity contribution in [2.24, 2.45) is 5.92 Å². The molecule has 0 atom stereocenters. The average molecular weight is 248 g/mol. The second-order valence-electron chi connectivity index (χ2n) is 4.69. The minimum absolute atomic E-state index is 0.0587. The predicted octanol–water partition coefficient (Wildman–Crippen LogP) is 2.20. The molecule has 1 aromatic carbocycles. The third-order valence-corrected chi connectivity index (χ3v) is 3.35. The molecule has 0 aliphatic heterocycles. The van der Waals surface area contributed by atoms with Crippen LogP contribution in [0.3, 0.4) is 0 Å². The number of benzene rings is 1. The van der Waals surface area contributed by atoms with E-state index in [9.17, 15) is 4.79 Å². The van der Waals surface area contributed by atoms with Crippen molar-refractivity contribution in [2.45, 2.75) is 26.2 Å². The first kappa shape index (κ1) is 12.7. The molecule has 0 spiro atoms. The Morgan fingerprint density at radius 3 is 2.83 bits per heavy atom. The maximum absolute atomic E-state index is 11.9. The second kappa shape index (κ2) is 5.76. The van der Waals surface area contributed by atoms with Crippen molar-refractivity contribution in [1.82, 2.24) is 5.32 Å². The number of hydrogen-bond acceptors (Lipinski definition) is 3. The summed E-state index contributed by atoms with van der Waals surface area (Å²) in [6.07, 6.45) is 3.74.